The third-order valence-corrected chi connectivity index (χ3v) is 3.61. The first-order valence-corrected chi connectivity index (χ1v) is 7.88. The summed E-state index contributed by atoms with van der Waals surface area (Å²) in [5.74, 6) is 0.609. The minimum absolute atomic E-state index is 0.173. The van der Waals surface area contributed by atoms with E-state index >= 15 is 0 Å². The van der Waals surface area contributed by atoms with Crippen molar-refractivity contribution >= 4 is 5.91 Å². The van der Waals surface area contributed by atoms with Crippen molar-refractivity contribution in [2.24, 2.45) is 0 Å². The molecule has 0 aliphatic rings. The molecule has 0 fully saturated rings. The Labute approximate surface area is 143 Å². The number of allylic oxidation sites excluding steroid dienone is 2. The van der Waals surface area contributed by atoms with Crippen LogP contribution in [0, 0.1) is 0 Å². The van der Waals surface area contributed by atoms with Gasteiger partial charge in [0.05, 0.1) is 17.9 Å². The monoisotopic (exact) mass is 321 g/mol. The minimum Gasteiger partial charge on any atom is -0.345 e. The van der Waals surface area contributed by atoms with Gasteiger partial charge in [0.2, 0.25) is 5.91 Å². The molecule has 2 rings (SSSR count). The van der Waals surface area contributed by atoms with Crippen molar-refractivity contribution in [3.8, 4) is 5.69 Å². The molecule has 0 aliphatic heterocycles. The van der Waals surface area contributed by atoms with Gasteiger partial charge in [-0.3, -0.25) is 9.36 Å². The Kier molecular flexibility index (Phi) is 5.90. The molecule has 24 heavy (non-hydrogen) atoms. The number of hydrogen-bond acceptors (Lipinski definition) is 2. The fourth-order valence-electron chi connectivity index (χ4n) is 2.51. The number of carbonyl (C=O) groups is 1. The van der Waals surface area contributed by atoms with Gasteiger partial charge >= 0.3 is 0 Å². The number of carbonyl (C=O) groups excluding carboxylic acids is 1. The van der Waals surface area contributed by atoms with E-state index in [9.17, 15) is 4.79 Å². The van der Waals surface area contributed by atoms with Crippen molar-refractivity contribution in [1.29, 1.82) is 0 Å². The molecule has 4 nitrogen and oxygen atoms in total. The number of aromatic nitrogens is 2. The number of nitrogens with one attached hydrogen (secondary N) is 1. The van der Waals surface area contributed by atoms with Gasteiger partial charge in [0.1, 0.15) is 5.82 Å². The molecule has 2 aromatic rings. The van der Waals surface area contributed by atoms with Gasteiger partial charge in [0.15, 0.2) is 0 Å². The van der Waals surface area contributed by atoms with Gasteiger partial charge in [-0.05, 0) is 19.1 Å². The lowest BCUT2D eigenvalue weighted by Gasteiger charge is -2.12. The Bertz CT molecular complexity index is 757. The van der Waals surface area contributed by atoms with E-state index < -0.39 is 0 Å². The van der Waals surface area contributed by atoms with Crippen molar-refractivity contribution in [2.45, 2.75) is 26.3 Å². The summed E-state index contributed by atoms with van der Waals surface area (Å²) in [6.07, 6.45) is 5.06. The smallest absolute Gasteiger partial charge is 0.246 e. The van der Waals surface area contributed by atoms with Crippen LogP contribution < -0.4 is 5.32 Å². The van der Waals surface area contributed by atoms with Crippen molar-refractivity contribution in [3.63, 3.8) is 0 Å². The summed E-state index contributed by atoms with van der Waals surface area (Å²) in [5, 5.41) is 2.86. The van der Waals surface area contributed by atoms with Crippen LogP contribution >= 0.6 is 0 Å². The molecule has 1 heterocycles. The number of rotatable bonds is 8. The standard InChI is InChI=1S/C20H23N3O/c1-5-10-17-18(11-6-2)23(16-12-8-7-9-13-16)19(22-17)14-21-20(24)15(3)4/h5-9,12-13H,1-3,10-11,14H2,4H3,(H,21,24). The van der Waals surface area contributed by atoms with E-state index in [-0.39, 0.29) is 5.91 Å². The van der Waals surface area contributed by atoms with Crippen molar-refractivity contribution in [2.75, 3.05) is 0 Å². The maximum absolute atomic E-state index is 11.8. The molecule has 0 saturated carbocycles. The largest absolute Gasteiger partial charge is 0.345 e. The fourth-order valence-corrected chi connectivity index (χ4v) is 2.51. The molecule has 0 atom stereocenters. The lowest BCUT2D eigenvalue weighted by Crippen LogP contribution is -2.25. The summed E-state index contributed by atoms with van der Waals surface area (Å²) in [4.78, 5) is 16.6. The fraction of sp³-hybridized carbons (Fsp3) is 0.200. The van der Waals surface area contributed by atoms with Gasteiger partial charge in [-0.2, -0.15) is 0 Å². The van der Waals surface area contributed by atoms with Crippen LogP contribution in [0.2, 0.25) is 0 Å². The second kappa shape index (κ2) is 8.11. The highest BCUT2D eigenvalue weighted by atomic mass is 16.1. The summed E-state index contributed by atoms with van der Waals surface area (Å²) < 4.78 is 2.08. The average Bonchev–Trinajstić information content (AvgIpc) is 2.91. The van der Waals surface area contributed by atoms with Crippen LogP contribution in [0.3, 0.4) is 0 Å². The normalized spacial score (nSPS) is 10.2. The molecule has 0 radical (unpaired) electrons. The lowest BCUT2D eigenvalue weighted by molar-refractivity contribution is -0.117. The minimum atomic E-state index is -0.173. The van der Waals surface area contributed by atoms with Crippen LogP contribution in [0.25, 0.3) is 5.69 Å². The molecule has 0 saturated heterocycles. The first-order valence-electron chi connectivity index (χ1n) is 7.88. The Morgan fingerprint density at radius 1 is 1.21 bits per heavy atom. The lowest BCUT2D eigenvalue weighted by atomic mass is 10.2. The zero-order chi connectivity index (χ0) is 17.5. The quantitative estimate of drug-likeness (QED) is 0.597. The molecule has 0 unspecified atom stereocenters. The van der Waals surface area contributed by atoms with Crippen LogP contribution in [0.5, 0.6) is 0 Å². The molecular formula is C20H23N3O. The highest BCUT2D eigenvalue weighted by Crippen LogP contribution is 2.20. The third kappa shape index (κ3) is 3.90. The predicted molar refractivity (Wildman–Crippen MR) is 98.0 cm³/mol. The van der Waals surface area contributed by atoms with Crippen molar-refractivity contribution in [3.05, 3.63) is 85.0 Å². The van der Waals surface area contributed by atoms with E-state index in [0.29, 0.717) is 25.0 Å². The van der Waals surface area contributed by atoms with Crippen LogP contribution in [-0.4, -0.2) is 15.5 Å². The second-order valence-electron chi connectivity index (χ2n) is 5.54. The Balaban J connectivity index is 2.49. The molecule has 0 aliphatic carbocycles. The summed E-state index contributed by atoms with van der Waals surface area (Å²) in [6.45, 7) is 13.3. The van der Waals surface area contributed by atoms with Gasteiger partial charge in [-0.25, -0.2) is 4.98 Å². The maximum Gasteiger partial charge on any atom is 0.246 e. The topological polar surface area (TPSA) is 46.9 Å². The molecule has 1 amide bonds. The summed E-state index contributed by atoms with van der Waals surface area (Å²) in [7, 11) is 0. The predicted octanol–water partition coefficient (Wildman–Crippen LogP) is 3.52. The van der Waals surface area contributed by atoms with Gasteiger partial charge in [0, 0.05) is 24.1 Å². The first kappa shape index (κ1) is 17.5. The van der Waals surface area contributed by atoms with E-state index in [0.717, 1.165) is 22.9 Å². The zero-order valence-corrected chi connectivity index (χ0v) is 14.1. The van der Waals surface area contributed by atoms with E-state index in [1.165, 1.54) is 0 Å². The Morgan fingerprint density at radius 3 is 2.46 bits per heavy atom. The van der Waals surface area contributed by atoms with Crippen LogP contribution in [-0.2, 0) is 24.2 Å². The summed E-state index contributed by atoms with van der Waals surface area (Å²) in [5.41, 5.74) is 3.51. The van der Waals surface area contributed by atoms with E-state index in [1.807, 2.05) is 42.5 Å². The number of benzene rings is 1. The van der Waals surface area contributed by atoms with Crippen LogP contribution in [0.1, 0.15) is 24.1 Å². The highest BCUT2D eigenvalue weighted by Gasteiger charge is 2.17. The molecule has 0 bridgehead atoms. The zero-order valence-electron chi connectivity index (χ0n) is 14.1. The van der Waals surface area contributed by atoms with E-state index in [4.69, 9.17) is 4.98 Å². The molecular weight excluding hydrogens is 298 g/mol. The number of imidazole rings is 1. The molecule has 4 heteroatoms. The average molecular weight is 321 g/mol. The van der Waals surface area contributed by atoms with Gasteiger partial charge in [-0.15, -0.1) is 13.2 Å². The van der Waals surface area contributed by atoms with Crippen molar-refractivity contribution in [1.82, 2.24) is 14.9 Å². The maximum atomic E-state index is 11.8. The van der Waals surface area contributed by atoms with E-state index in [1.54, 1.807) is 6.92 Å². The molecule has 1 aromatic heterocycles. The molecule has 1 aromatic carbocycles. The van der Waals surface area contributed by atoms with Gasteiger partial charge < -0.3 is 5.32 Å². The highest BCUT2D eigenvalue weighted by molar-refractivity contribution is 5.91. The van der Waals surface area contributed by atoms with Crippen molar-refractivity contribution < 1.29 is 4.79 Å². The number of para-hydroxylation sites is 1. The molecule has 1 N–H and O–H groups in total. The Morgan fingerprint density at radius 2 is 1.88 bits per heavy atom. The number of nitrogens with zero attached hydrogens (tertiary/aromatic N) is 2. The molecule has 124 valence electrons. The van der Waals surface area contributed by atoms with Crippen LogP contribution in [0.15, 0.2) is 67.8 Å². The summed E-state index contributed by atoms with van der Waals surface area (Å²) >= 11 is 0. The molecule has 0 spiro atoms. The van der Waals surface area contributed by atoms with Gasteiger partial charge in [-0.1, -0.05) is 36.9 Å². The SMILES string of the molecule is C=CCc1nc(CNC(=O)C(=C)C)n(-c2ccccc2)c1CC=C. The van der Waals surface area contributed by atoms with Gasteiger partial charge in [0.25, 0.3) is 0 Å². The number of amides is 1. The summed E-state index contributed by atoms with van der Waals surface area (Å²) in [6, 6.07) is 9.99. The van der Waals surface area contributed by atoms with E-state index in [2.05, 4.69) is 29.6 Å². The third-order valence-electron chi connectivity index (χ3n) is 3.61. The first-order chi connectivity index (χ1) is 11.6. The second-order valence-corrected chi connectivity index (χ2v) is 5.54. The Hall–Kier alpha value is -2.88. The number of hydrogen-bond donors (Lipinski definition) is 1. The van der Waals surface area contributed by atoms with Crippen LogP contribution in [0.4, 0.5) is 0 Å².